The zero-order valence-corrected chi connectivity index (χ0v) is 15.2. The van der Waals surface area contributed by atoms with E-state index in [1.165, 1.54) is 18.2 Å². The normalized spacial score (nSPS) is 11.5. The van der Waals surface area contributed by atoms with Crippen molar-refractivity contribution in [1.82, 2.24) is 0 Å². The predicted octanol–water partition coefficient (Wildman–Crippen LogP) is 4.06. The fraction of sp³-hybridized carbons (Fsp3) is 0.235. The summed E-state index contributed by atoms with van der Waals surface area (Å²) in [7, 11) is -3.15. The minimum atomic E-state index is -3.15. The number of ketones is 1. The highest BCUT2D eigenvalue weighted by molar-refractivity contribution is 9.10. The monoisotopic (exact) mass is 398 g/mol. The van der Waals surface area contributed by atoms with Crippen molar-refractivity contribution in [3.05, 3.63) is 68.9 Å². The van der Waals surface area contributed by atoms with E-state index < -0.39 is 21.4 Å². The van der Waals surface area contributed by atoms with Gasteiger partial charge >= 0.3 is 0 Å². The van der Waals surface area contributed by atoms with E-state index in [0.29, 0.717) is 15.6 Å². The Morgan fingerprint density at radius 3 is 2.35 bits per heavy atom. The minimum Gasteiger partial charge on any atom is -0.288 e. The van der Waals surface area contributed by atoms with Crippen LogP contribution in [0.4, 0.5) is 4.39 Å². The number of carbonyl (C=O) groups is 1. The molecule has 122 valence electrons. The lowest BCUT2D eigenvalue weighted by Gasteiger charge is -2.08. The van der Waals surface area contributed by atoms with Gasteiger partial charge in [-0.25, -0.2) is 12.8 Å². The molecule has 0 aliphatic carbocycles. The fourth-order valence-electron chi connectivity index (χ4n) is 2.14. The molecule has 0 N–H and O–H groups in total. The van der Waals surface area contributed by atoms with Gasteiger partial charge in [-0.15, -0.1) is 0 Å². The van der Waals surface area contributed by atoms with Crippen molar-refractivity contribution in [1.29, 1.82) is 0 Å². The van der Waals surface area contributed by atoms with Crippen LogP contribution in [0.3, 0.4) is 0 Å². The average Bonchev–Trinajstić information content (AvgIpc) is 2.46. The summed E-state index contributed by atoms with van der Waals surface area (Å²) in [5.74, 6) is -1.05. The van der Waals surface area contributed by atoms with Crippen LogP contribution >= 0.6 is 15.9 Å². The molecule has 0 aliphatic rings. The van der Waals surface area contributed by atoms with E-state index in [1.807, 2.05) is 0 Å². The highest BCUT2D eigenvalue weighted by Crippen LogP contribution is 2.24. The molecule has 3 nitrogen and oxygen atoms in total. The van der Waals surface area contributed by atoms with Gasteiger partial charge in [0, 0.05) is 15.8 Å². The molecule has 0 radical (unpaired) electrons. The van der Waals surface area contributed by atoms with Gasteiger partial charge in [-0.1, -0.05) is 35.0 Å². The van der Waals surface area contributed by atoms with E-state index >= 15 is 0 Å². The van der Waals surface area contributed by atoms with E-state index in [9.17, 15) is 17.6 Å². The first kappa shape index (κ1) is 17.8. The van der Waals surface area contributed by atoms with Crippen molar-refractivity contribution in [2.45, 2.75) is 19.6 Å². The molecular formula is C17H16BrFO3S. The third-order valence-electron chi connectivity index (χ3n) is 3.47. The van der Waals surface area contributed by atoms with Gasteiger partial charge in [0.2, 0.25) is 0 Å². The first-order chi connectivity index (χ1) is 10.7. The molecule has 0 spiro atoms. The van der Waals surface area contributed by atoms with E-state index in [4.69, 9.17) is 0 Å². The maximum atomic E-state index is 14.0. The van der Waals surface area contributed by atoms with Crippen LogP contribution in [0.5, 0.6) is 0 Å². The highest BCUT2D eigenvalue weighted by atomic mass is 79.9. The third kappa shape index (κ3) is 4.26. The van der Waals surface area contributed by atoms with Gasteiger partial charge in [0.1, 0.15) is 5.82 Å². The second-order valence-corrected chi connectivity index (χ2v) is 8.51. The fourth-order valence-corrected chi connectivity index (χ4v) is 3.64. The number of benzene rings is 2. The first-order valence-corrected chi connectivity index (χ1v) is 9.64. The Morgan fingerprint density at radius 1 is 1.13 bits per heavy atom. The largest absolute Gasteiger partial charge is 0.288 e. The lowest BCUT2D eigenvalue weighted by atomic mass is 10.0. The van der Waals surface area contributed by atoms with Gasteiger partial charge in [-0.05, 0) is 42.3 Å². The molecule has 0 amide bonds. The summed E-state index contributed by atoms with van der Waals surface area (Å²) in [5, 5.41) is 0. The number of sulfone groups is 1. The SMILES string of the molecule is CCS(=O)(=O)Cc1ccc(C(=O)c2ccc(C)cc2F)c(Br)c1. The summed E-state index contributed by atoms with van der Waals surface area (Å²) in [6, 6.07) is 9.13. The second-order valence-electron chi connectivity index (χ2n) is 5.30. The Kier molecular flexibility index (Phi) is 5.37. The number of carbonyl (C=O) groups excluding carboxylic acids is 1. The van der Waals surface area contributed by atoms with Crippen molar-refractivity contribution in [3.8, 4) is 0 Å². The molecule has 0 unspecified atom stereocenters. The summed E-state index contributed by atoms with van der Waals surface area (Å²) >= 11 is 3.28. The van der Waals surface area contributed by atoms with Crippen LogP contribution in [-0.2, 0) is 15.6 Å². The molecule has 0 heterocycles. The van der Waals surface area contributed by atoms with Crippen LogP contribution in [0.15, 0.2) is 40.9 Å². The maximum absolute atomic E-state index is 14.0. The lowest BCUT2D eigenvalue weighted by molar-refractivity contribution is 0.103. The summed E-state index contributed by atoms with van der Waals surface area (Å²) < 4.78 is 37.7. The maximum Gasteiger partial charge on any atom is 0.197 e. The van der Waals surface area contributed by atoms with Gasteiger partial charge in [0.25, 0.3) is 0 Å². The molecule has 0 aromatic heterocycles. The standard InChI is InChI=1S/C17H16BrFO3S/c1-3-23(21,22)10-12-5-7-13(15(18)9-12)17(20)14-6-4-11(2)8-16(14)19/h4-9H,3,10H2,1-2H3. The second kappa shape index (κ2) is 6.93. The average molecular weight is 399 g/mol. The Morgan fingerprint density at radius 2 is 1.78 bits per heavy atom. The number of halogens is 2. The number of rotatable bonds is 5. The summed E-state index contributed by atoms with van der Waals surface area (Å²) in [4.78, 5) is 12.5. The number of hydrogen-bond donors (Lipinski definition) is 0. The zero-order chi connectivity index (χ0) is 17.2. The summed E-state index contributed by atoms with van der Waals surface area (Å²) in [6.45, 7) is 3.33. The quantitative estimate of drug-likeness (QED) is 0.713. The van der Waals surface area contributed by atoms with Gasteiger partial charge in [0.15, 0.2) is 15.6 Å². The molecule has 2 aromatic rings. The molecular weight excluding hydrogens is 383 g/mol. The van der Waals surface area contributed by atoms with Crippen molar-refractivity contribution in [3.63, 3.8) is 0 Å². The molecule has 0 bridgehead atoms. The minimum absolute atomic E-state index is 0.00905. The highest BCUT2D eigenvalue weighted by Gasteiger charge is 2.18. The Hall–Kier alpha value is -1.53. The molecule has 0 atom stereocenters. The van der Waals surface area contributed by atoms with E-state index in [2.05, 4.69) is 15.9 Å². The molecule has 0 saturated heterocycles. The van der Waals surface area contributed by atoms with Gasteiger partial charge in [0.05, 0.1) is 11.3 Å². The van der Waals surface area contributed by atoms with Crippen LogP contribution in [0.2, 0.25) is 0 Å². The van der Waals surface area contributed by atoms with Crippen LogP contribution in [0.1, 0.15) is 34.0 Å². The molecule has 0 fully saturated rings. The molecule has 23 heavy (non-hydrogen) atoms. The Bertz CT molecular complexity index is 860. The molecule has 0 aliphatic heterocycles. The summed E-state index contributed by atoms with van der Waals surface area (Å²) in [6.07, 6.45) is 0. The number of hydrogen-bond acceptors (Lipinski definition) is 3. The first-order valence-electron chi connectivity index (χ1n) is 7.03. The van der Waals surface area contributed by atoms with Gasteiger partial charge in [-0.3, -0.25) is 4.79 Å². The Balaban J connectivity index is 2.35. The van der Waals surface area contributed by atoms with Crippen LogP contribution in [-0.4, -0.2) is 20.0 Å². The lowest BCUT2D eigenvalue weighted by Crippen LogP contribution is -2.08. The van der Waals surface area contributed by atoms with Gasteiger partial charge in [-0.2, -0.15) is 0 Å². The van der Waals surface area contributed by atoms with Crippen LogP contribution in [0, 0.1) is 12.7 Å². The predicted molar refractivity (Wildman–Crippen MR) is 91.9 cm³/mol. The van der Waals surface area contributed by atoms with Crippen molar-refractivity contribution in [2.24, 2.45) is 0 Å². The van der Waals surface area contributed by atoms with E-state index in [1.54, 1.807) is 32.0 Å². The van der Waals surface area contributed by atoms with Crippen molar-refractivity contribution >= 4 is 31.6 Å². The van der Waals surface area contributed by atoms with Crippen LogP contribution in [0.25, 0.3) is 0 Å². The molecule has 2 aromatic carbocycles. The third-order valence-corrected chi connectivity index (χ3v) is 5.78. The van der Waals surface area contributed by atoms with Gasteiger partial charge < -0.3 is 0 Å². The van der Waals surface area contributed by atoms with Crippen molar-refractivity contribution in [2.75, 3.05) is 5.75 Å². The van der Waals surface area contributed by atoms with Crippen LogP contribution < -0.4 is 0 Å². The number of aryl methyl sites for hydroxylation is 1. The molecule has 2 rings (SSSR count). The summed E-state index contributed by atoms with van der Waals surface area (Å²) in [5.41, 5.74) is 1.61. The van der Waals surface area contributed by atoms with Crippen molar-refractivity contribution < 1.29 is 17.6 Å². The topological polar surface area (TPSA) is 51.2 Å². The molecule has 6 heteroatoms. The smallest absolute Gasteiger partial charge is 0.197 e. The van der Waals surface area contributed by atoms with E-state index in [-0.39, 0.29) is 17.1 Å². The molecule has 0 saturated carbocycles. The Labute approximate surface area is 143 Å². The zero-order valence-electron chi connectivity index (χ0n) is 12.8. The van der Waals surface area contributed by atoms with E-state index in [0.717, 1.165) is 5.56 Å².